The van der Waals surface area contributed by atoms with E-state index in [2.05, 4.69) is 14.9 Å². The van der Waals surface area contributed by atoms with E-state index in [0.29, 0.717) is 18.2 Å². The second-order valence-corrected chi connectivity index (χ2v) is 8.12. The summed E-state index contributed by atoms with van der Waals surface area (Å²) in [6.45, 7) is 2.19. The van der Waals surface area contributed by atoms with Crippen LogP contribution in [-0.2, 0) is 22.2 Å². The molecule has 0 amide bonds. The van der Waals surface area contributed by atoms with Crippen LogP contribution in [0.2, 0.25) is 0 Å². The molecule has 0 spiro atoms. The molecule has 0 saturated heterocycles. The van der Waals surface area contributed by atoms with Gasteiger partial charge in [-0.25, -0.2) is 13.1 Å². The molecule has 1 N–H and O–H groups in total. The lowest BCUT2D eigenvalue weighted by Crippen LogP contribution is -2.27. The monoisotopic (exact) mass is 363 g/mol. The first-order valence-electron chi connectivity index (χ1n) is 7.41. The minimum absolute atomic E-state index is 0.0441. The number of nitrogens with one attached hydrogen (secondary N) is 1. The molecule has 0 radical (unpaired) electrons. The molecule has 0 aliphatic heterocycles. The van der Waals surface area contributed by atoms with Crippen molar-refractivity contribution < 1.29 is 12.8 Å². The molecule has 0 fully saturated rings. The molecule has 3 aromatic rings. The van der Waals surface area contributed by atoms with Crippen LogP contribution < -0.4 is 4.72 Å². The van der Waals surface area contributed by atoms with Crippen molar-refractivity contribution in [2.24, 2.45) is 0 Å². The molecule has 0 atom stereocenters. The molecule has 0 aliphatic carbocycles. The summed E-state index contributed by atoms with van der Waals surface area (Å²) in [5, 5.41) is 9.84. The van der Waals surface area contributed by atoms with Crippen LogP contribution in [0, 0.1) is 6.92 Å². The van der Waals surface area contributed by atoms with E-state index in [1.54, 1.807) is 0 Å². The maximum atomic E-state index is 12.1. The van der Waals surface area contributed by atoms with Gasteiger partial charge in [-0.05, 0) is 23.9 Å². The van der Waals surface area contributed by atoms with Gasteiger partial charge in [-0.2, -0.15) is 0 Å². The van der Waals surface area contributed by atoms with Crippen molar-refractivity contribution in [1.29, 1.82) is 0 Å². The van der Waals surface area contributed by atoms with Gasteiger partial charge in [0, 0.05) is 13.0 Å². The van der Waals surface area contributed by atoms with Gasteiger partial charge in [0.25, 0.3) is 5.89 Å². The summed E-state index contributed by atoms with van der Waals surface area (Å²) in [7, 11) is -3.39. The highest BCUT2D eigenvalue weighted by molar-refractivity contribution is 7.88. The Labute approximate surface area is 144 Å². The van der Waals surface area contributed by atoms with Crippen molar-refractivity contribution in [3.05, 3.63) is 58.8 Å². The minimum Gasteiger partial charge on any atom is -0.420 e. The van der Waals surface area contributed by atoms with E-state index in [0.717, 1.165) is 16.0 Å². The van der Waals surface area contributed by atoms with Crippen molar-refractivity contribution in [3.63, 3.8) is 0 Å². The molecule has 1 aromatic carbocycles. The number of rotatable bonds is 7. The Balaban J connectivity index is 1.53. The van der Waals surface area contributed by atoms with Crippen LogP contribution in [0.15, 0.2) is 46.2 Å². The fourth-order valence-electron chi connectivity index (χ4n) is 2.12. The highest BCUT2D eigenvalue weighted by Crippen LogP contribution is 2.22. The van der Waals surface area contributed by atoms with Gasteiger partial charge >= 0.3 is 0 Å². The Morgan fingerprint density at radius 1 is 1.17 bits per heavy atom. The number of benzene rings is 1. The fourth-order valence-corrected chi connectivity index (χ4v) is 3.91. The standard InChI is InChI=1S/C16H17N3O3S2/c1-12-4-6-13(7-5-12)11-24(20,21)17-9-8-15-18-19-16(22-15)14-3-2-10-23-14/h2-7,10,17H,8-9,11H2,1H3. The van der Waals surface area contributed by atoms with Crippen molar-refractivity contribution in [2.75, 3.05) is 6.54 Å². The molecule has 0 saturated carbocycles. The largest absolute Gasteiger partial charge is 0.420 e. The third kappa shape index (κ3) is 4.50. The molecular weight excluding hydrogens is 346 g/mol. The first-order chi connectivity index (χ1) is 11.5. The first kappa shape index (κ1) is 16.8. The quantitative estimate of drug-likeness (QED) is 0.698. The minimum atomic E-state index is -3.39. The molecule has 0 aliphatic rings. The third-order valence-electron chi connectivity index (χ3n) is 3.34. The topological polar surface area (TPSA) is 85.1 Å². The number of hydrogen-bond donors (Lipinski definition) is 1. The Bertz CT molecular complexity index is 885. The molecular formula is C16H17N3O3S2. The average molecular weight is 363 g/mol. The van der Waals surface area contributed by atoms with Crippen molar-refractivity contribution in [3.8, 4) is 10.8 Å². The number of nitrogens with zero attached hydrogens (tertiary/aromatic N) is 2. The van der Waals surface area contributed by atoms with Gasteiger partial charge in [0.1, 0.15) is 0 Å². The second-order valence-electron chi connectivity index (χ2n) is 5.37. The number of hydrogen-bond acceptors (Lipinski definition) is 6. The highest BCUT2D eigenvalue weighted by Gasteiger charge is 2.13. The van der Waals surface area contributed by atoms with E-state index in [1.807, 2.05) is 48.7 Å². The average Bonchev–Trinajstić information content (AvgIpc) is 3.20. The lowest BCUT2D eigenvalue weighted by atomic mass is 10.2. The smallest absolute Gasteiger partial charge is 0.257 e. The van der Waals surface area contributed by atoms with Crippen LogP contribution in [-0.4, -0.2) is 25.2 Å². The summed E-state index contributed by atoms with van der Waals surface area (Å²) >= 11 is 1.51. The summed E-state index contributed by atoms with van der Waals surface area (Å²) in [6.07, 6.45) is 0.353. The summed E-state index contributed by atoms with van der Waals surface area (Å²) in [6, 6.07) is 11.2. The fraction of sp³-hybridized carbons (Fsp3) is 0.250. The van der Waals surface area contributed by atoms with Crippen LogP contribution in [0.5, 0.6) is 0 Å². The van der Waals surface area contributed by atoms with Gasteiger partial charge < -0.3 is 4.42 Å². The number of aryl methyl sites for hydroxylation is 1. The van der Waals surface area contributed by atoms with E-state index >= 15 is 0 Å². The van der Waals surface area contributed by atoms with Crippen LogP contribution in [0.25, 0.3) is 10.8 Å². The zero-order chi connectivity index (χ0) is 17.0. The van der Waals surface area contributed by atoms with E-state index in [-0.39, 0.29) is 12.3 Å². The van der Waals surface area contributed by atoms with Crippen molar-refractivity contribution in [1.82, 2.24) is 14.9 Å². The molecule has 6 nitrogen and oxygen atoms in total. The Morgan fingerprint density at radius 3 is 2.67 bits per heavy atom. The summed E-state index contributed by atoms with van der Waals surface area (Å²) in [5.74, 6) is 0.830. The van der Waals surface area contributed by atoms with Gasteiger partial charge in [0.2, 0.25) is 15.9 Å². The number of thiophene rings is 1. The molecule has 8 heteroatoms. The van der Waals surface area contributed by atoms with Gasteiger partial charge in [-0.3, -0.25) is 0 Å². The van der Waals surface area contributed by atoms with Gasteiger partial charge in [0.15, 0.2) is 0 Å². The zero-order valence-electron chi connectivity index (χ0n) is 13.1. The normalized spacial score (nSPS) is 11.7. The van der Waals surface area contributed by atoms with Crippen LogP contribution in [0.3, 0.4) is 0 Å². The Kier molecular flexibility index (Phi) is 5.08. The summed E-state index contributed by atoms with van der Waals surface area (Å²) in [4.78, 5) is 0.897. The lowest BCUT2D eigenvalue weighted by molar-refractivity contribution is 0.503. The van der Waals surface area contributed by atoms with E-state index < -0.39 is 10.0 Å². The number of sulfonamides is 1. The summed E-state index contributed by atoms with van der Waals surface area (Å²) < 4.78 is 32.3. The van der Waals surface area contributed by atoms with Gasteiger partial charge in [-0.1, -0.05) is 35.9 Å². The molecule has 24 heavy (non-hydrogen) atoms. The SMILES string of the molecule is Cc1ccc(CS(=O)(=O)NCCc2nnc(-c3cccs3)o2)cc1. The van der Waals surface area contributed by atoms with Crippen LogP contribution in [0.4, 0.5) is 0 Å². The molecule has 2 aromatic heterocycles. The summed E-state index contributed by atoms with van der Waals surface area (Å²) in [5.41, 5.74) is 1.85. The van der Waals surface area contributed by atoms with Gasteiger partial charge in [-0.15, -0.1) is 21.5 Å². The maximum Gasteiger partial charge on any atom is 0.257 e. The molecule has 0 unspecified atom stereocenters. The maximum absolute atomic E-state index is 12.1. The van der Waals surface area contributed by atoms with Crippen molar-refractivity contribution in [2.45, 2.75) is 19.1 Å². The highest BCUT2D eigenvalue weighted by atomic mass is 32.2. The predicted octanol–water partition coefficient (Wildman–Crippen LogP) is 2.77. The second kappa shape index (κ2) is 7.25. The van der Waals surface area contributed by atoms with E-state index in [4.69, 9.17) is 4.42 Å². The predicted molar refractivity (Wildman–Crippen MR) is 93.1 cm³/mol. The first-order valence-corrected chi connectivity index (χ1v) is 9.94. The van der Waals surface area contributed by atoms with Gasteiger partial charge in [0.05, 0.1) is 10.6 Å². The number of aromatic nitrogens is 2. The van der Waals surface area contributed by atoms with Crippen LogP contribution >= 0.6 is 11.3 Å². The third-order valence-corrected chi connectivity index (χ3v) is 5.55. The van der Waals surface area contributed by atoms with E-state index in [1.165, 1.54) is 11.3 Å². The zero-order valence-corrected chi connectivity index (χ0v) is 14.7. The van der Waals surface area contributed by atoms with Crippen LogP contribution in [0.1, 0.15) is 17.0 Å². The van der Waals surface area contributed by atoms with Crippen molar-refractivity contribution >= 4 is 21.4 Å². The Hall–Kier alpha value is -2.03. The Morgan fingerprint density at radius 2 is 1.96 bits per heavy atom. The molecule has 0 bridgehead atoms. The lowest BCUT2D eigenvalue weighted by Gasteiger charge is -2.06. The molecule has 126 valence electrons. The van der Waals surface area contributed by atoms with E-state index in [9.17, 15) is 8.42 Å². The molecule has 3 rings (SSSR count). The molecule has 2 heterocycles.